The maximum Gasteiger partial charge on any atom is 0.0946 e. The molecule has 1 aromatic heterocycles. The lowest BCUT2D eigenvalue weighted by molar-refractivity contribution is 0.323. The van der Waals surface area contributed by atoms with Crippen LogP contribution in [-0.2, 0) is 6.54 Å². The summed E-state index contributed by atoms with van der Waals surface area (Å²) in [6, 6.07) is 0. The highest BCUT2D eigenvalue weighted by Gasteiger charge is 2.19. The predicted molar refractivity (Wildman–Crippen MR) is 52.9 cm³/mol. The van der Waals surface area contributed by atoms with Gasteiger partial charge in [0.15, 0.2) is 0 Å². The molecule has 0 N–H and O–H groups in total. The lowest BCUT2D eigenvalue weighted by atomic mass is 10.4. The van der Waals surface area contributed by atoms with Gasteiger partial charge in [0, 0.05) is 37.4 Å². The van der Waals surface area contributed by atoms with E-state index in [1.165, 1.54) is 0 Å². The highest BCUT2D eigenvalue weighted by Crippen LogP contribution is 2.13. The monoisotopic (exact) mass is 199 g/mol. The first-order valence-corrected chi connectivity index (χ1v) is 5.10. The molecular formula is C9H14ClN3. The Bertz CT molecular complexity index is 247. The van der Waals surface area contributed by atoms with Crippen LogP contribution in [-0.4, -0.2) is 39.5 Å². The van der Waals surface area contributed by atoms with Crippen LogP contribution in [0.25, 0.3) is 0 Å². The van der Waals surface area contributed by atoms with Crippen molar-refractivity contribution in [2.45, 2.75) is 18.3 Å². The summed E-state index contributed by atoms with van der Waals surface area (Å²) in [5.74, 6) is 0. The molecule has 2 heterocycles. The Morgan fingerprint density at radius 3 is 3.00 bits per heavy atom. The Balaban J connectivity index is 1.74. The Morgan fingerprint density at radius 2 is 2.38 bits per heavy atom. The Kier molecular flexibility index (Phi) is 2.86. The van der Waals surface area contributed by atoms with E-state index in [0.717, 1.165) is 32.6 Å². The molecule has 1 atom stereocenters. The third kappa shape index (κ3) is 2.45. The number of nitrogens with zero attached hydrogens (tertiary/aromatic N) is 3. The van der Waals surface area contributed by atoms with Crippen molar-refractivity contribution >= 4 is 11.6 Å². The zero-order valence-electron chi connectivity index (χ0n) is 7.56. The fourth-order valence-electron chi connectivity index (χ4n) is 1.66. The lowest BCUT2D eigenvalue weighted by Crippen LogP contribution is -2.25. The van der Waals surface area contributed by atoms with Gasteiger partial charge in [0.1, 0.15) is 0 Å². The van der Waals surface area contributed by atoms with Gasteiger partial charge in [-0.3, -0.25) is 0 Å². The number of aromatic nitrogens is 2. The van der Waals surface area contributed by atoms with Crippen molar-refractivity contribution in [1.29, 1.82) is 0 Å². The van der Waals surface area contributed by atoms with Crippen LogP contribution in [0.2, 0.25) is 0 Å². The average Bonchev–Trinajstić information content (AvgIpc) is 2.71. The molecule has 0 aromatic carbocycles. The molecule has 1 aliphatic rings. The summed E-state index contributed by atoms with van der Waals surface area (Å²) < 4.78 is 2.10. The second kappa shape index (κ2) is 4.11. The van der Waals surface area contributed by atoms with Crippen molar-refractivity contribution in [2.24, 2.45) is 0 Å². The van der Waals surface area contributed by atoms with Gasteiger partial charge in [0.05, 0.1) is 6.33 Å². The van der Waals surface area contributed by atoms with Crippen molar-refractivity contribution < 1.29 is 0 Å². The third-order valence-corrected chi connectivity index (χ3v) is 2.80. The van der Waals surface area contributed by atoms with E-state index in [0.29, 0.717) is 5.38 Å². The minimum absolute atomic E-state index is 0.364. The smallest absolute Gasteiger partial charge is 0.0946 e. The number of halogens is 1. The molecule has 13 heavy (non-hydrogen) atoms. The largest absolute Gasteiger partial charge is 0.336 e. The molecule has 4 heteroatoms. The molecule has 0 radical (unpaired) electrons. The fourth-order valence-corrected chi connectivity index (χ4v) is 1.96. The molecule has 0 spiro atoms. The van der Waals surface area contributed by atoms with Gasteiger partial charge in [-0.25, -0.2) is 4.98 Å². The molecular weight excluding hydrogens is 186 g/mol. The summed E-state index contributed by atoms with van der Waals surface area (Å²) in [5.41, 5.74) is 0. The predicted octanol–water partition coefficient (Wildman–Crippen LogP) is 1.20. The standard InChI is InChI=1S/C9H14ClN3/c10-9-1-3-12(7-9)5-6-13-4-2-11-8-13/h2,4,8-9H,1,3,5-7H2. The van der Waals surface area contributed by atoms with Crippen molar-refractivity contribution in [3.8, 4) is 0 Å². The maximum absolute atomic E-state index is 6.01. The van der Waals surface area contributed by atoms with E-state index in [9.17, 15) is 0 Å². The van der Waals surface area contributed by atoms with E-state index in [2.05, 4.69) is 14.5 Å². The van der Waals surface area contributed by atoms with Crippen molar-refractivity contribution in [3.05, 3.63) is 18.7 Å². The van der Waals surface area contributed by atoms with Crippen LogP contribution < -0.4 is 0 Å². The molecule has 1 saturated heterocycles. The molecule has 3 nitrogen and oxygen atoms in total. The number of imidazole rings is 1. The lowest BCUT2D eigenvalue weighted by Gasteiger charge is -2.14. The maximum atomic E-state index is 6.01. The summed E-state index contributed by atoms with van der Waals surface area (Å²) in [6.07, 6.45) is 6.79. The average molecular weight is 200 g/mol. The molecule has 0 amide bonds. The second-order valence-electron chi connectivity index (χ2n) is 3.49. The molecule has 0 saturated carbocycles. The Hall–Kier alpha value is -0.540. The summed E-state index contributed by atoms with van der Waals surface area (Å²) in [4.78, 5) is 6.40. The van der Waals surface area contributed by atoms with Crippen LogP contribution in [0.5, 0.6) is 0 Å². The first kappa shape index (κ1) is 9.03. The summed E-state index contributed by atoms with van der Waals surface area (Å²) in [7, 11) is 0. The van der Waals surface area contributed by atoms with E-state index in [-0.39, 0.29) is 0 Å². The number of rotatable bonds is 3. The van der Waals surface area contributed by atoms with Crippen LogP contribution in [0.3, 0.4) is 0 Å². The highest BCUT2D eigenvalue weighted by atomic mass is 35.5. The van der Waals surface area contributed by atoms with Gasteiger partial charge in [-0.2, -0.15) is 0 Å². The number of hydrogen-bond acceptors (Lipinski definition) is 2. The number of hydrogen-bond donors (Lipinski definition) is 0. The highest BCUT2D eigenvalue weighted by molar-refractivity contribution is 6.20. The van der Waals surface area contributed by atoms with E-state index < -0.39 is 0 Å². The van der Waals surface area contributed by atoms with E-state index in [1.54, 1.807) is 0 Å². The minimum atomic E-state index is 0.364. The minimum Gasteiger partial charge on any atom is -0.336 e. The van der Waals surface area contributed by atoms with Crippen LogP contribution in [0.1, 0.15) is 6.42 Å². The molecule has 1 unspecified atom stereocenters. The first-order chi connectivity index (χ1) is 6.34. The van der Waals surface area contributed by atoms with Gasteiger partial charge < -0.3 is 9.47 Å². The summed E-state index contributed by atoms with van der Waals surface area (Å²) >= 11 is 6.01. The van der Waals surface area contributed by atoms with Gasteiger partial charge in [-0.1, -0.05) is 0 Å². The van der Waals surface area contributed by atoms with Crippen molar-refractivity contribution in [1.82, 2.24) is 14.5 Å². The van der Waals surface area contributed by atoms with E-state index >= 15 is 0 Å². The Morgan fingerprint density at radius 1 is 1.46 bits per heavy atom. The quantitative estimate of drug-likeness (QED) is 0.683. The third-order valence-electron chi connectivity index (χ3n) is 2.45. The fraction of sp³-hybridized carbons (Fsp3) is 0.667. The molecule has 72 valence electrons. The molecule has 0 aliphatic carbocycles. The number of alkyl halides is 1. The Labute approximate surface area is 83.3 Å². The normalized spacial score (nSPS) is 23.9. The molecule has 1 aromatic rings. The van der Waals surface area contributed by atoms with Gasteiger partial charge in [-0.05, 0) is 13.0 Å². The zero-order valence-corrected chi connectivity index (χ0v) is 8.32. The van der Waals surface area contributed by atoms with Crippen LogP contribution in [0.4, 0.5) is 0 Å². The van der Waals surface area contributed by atoms with Crippen LogP contribution in [0.15, 0.2) is 18.7 Å². The number of likely N-dealkylation sites (tertiary alicyclic amines) is 1. The van der Waals surface area contributed by atoms with E-state index in [4.69, 9.17) is 11.6 Å². The van der Waals surface area contributed by atoms with Crippen molar-refractivity contribution in [3.63, 3.8) is 0 Å². The first-order valence-electron chi connectivity index (χ1n) is 4.67. The topological polar surface area (TPSA) is 21.1 Å². The van der Waals surface area contributed by atoms with Gasteiger partial charge in [0.2, 0.25) is 0 Å². The zero-order chi connectivity index (χ0) is 9.10. The van der Waals surface area contributed by atoms with Gasteiger partial charge in [0.25, 0.3) is 0 Å². The van der Waals surface area contributed by atoms with Gasteiger partial charge >= 0.3 is 0 Å². The molecule has 2 rings (SSSR count). The molecule has 1 aliphatic heterocycles. The SMILES string of the molecule is ClC1CCN(CCn2ccnc2)C1. The molecule has 1 fully saturated rings. The second-order valence-corrected chi connectivity index (χ2v) is 4.10. The van der Waals surface area contributed by atoms with Gasteiger partial charge in [-0.15, -0.1) is 11.6 Å². The van der Waals surface area contributed by atoms with Crippen LogP contribution in [0, 0.1) is 0 Å². The summed E-state index contributed by atoms with van der Waals surface area (Å²) in [5, 5.41) is 0.364. The van der Waals surface area contributed by atoms with Crippen molar-refractivity contribution in [2.75, 3.05) is 19.6 Å². The molecule has 0 bridgehead atoms. The van der Waals surface area contributed by atoms with E-state index in [1.807, 2.05) is 18.7 Å². The summed E-state index contributed by atoms with van der Waals surface area (Å²) in [6.45, 7) is 4.28. The van der Waals surface area contributed by atoms with Crippen LogP contribution >= 0.6 is 11.6 Å².